The summed E-state index contributed by atoms with van der Waals surface area (Å²) in [6.07, 6.45) is 8.33. The Morgan fingerprint density at radius 3 is 2.78 bits per heavy atom. The molecule has 1 aromatic heterocycles. The average Bonchev–Trinajstić information content (AvgIpc) is 2.57. The second-order valence-corrected chi connectivity index (χ2v) is 6.32. The lowest BCUT2D eigenvalue weighted by Gasteiger charge is -2.22. The van der Waals surface area contributed by atoms with Gasteiger partial charge < -0.3 is 10.4 Å². The molecule has 0 bridgehead atoms. The van der Waals surface area contributed by atoms with Gasteiger partial charge in [0.25, 0.3) is 0 Å². The molecule has 4 heteroatoms. The van der Waals surface area contributed by atoms with E-state index in [1.165, 1.54) is 18.1 Å². The van der Waals surface area contributed by atoms with E-state index in [2.05, 4.69) is 5.32 Å². The van der Waals surface area contributed by atoms with Crippen molar-refractivity contribution in [2.24, 2.45) is 0 Å². The van der Waals surface area contributed by atoms with Gasteiger partial charge in [0.1, 0.15) is 5.82 Å². The molecule has 124 valence electrons. The summed E-state index contributed by atoms with van der Waals surface area (Å²) >= 11 is 0. The summed E-state index contributed by atoms with van der Waals surface area (Å²) in [5.41, 5.74) is 4.07. The number of nitrogens with one attached hydrogen (secondary N) is 1. The predicted octanol–water partition coefficient (Wildman–Crippen LogP) is 4.22. The van der Waals surface area contributed by atoms with E-state index >= 15 is 0 Å². The average molecular weight is 316 g/mol. The molecule has 0 saturated heterocycles. The maximum Gasteiger partial charge on any atom is 0.134 e. The molecule has 1 aliphatic rings. The molecule has 1 aliphatic carbocycles. The molecular formula is C19H25FN2O. The Labute approximate surface area is 136 Å². The molecule has 3 nitrogen and oxygen atoms in total. The van der Waals surface area contributed by atoms with Crippen molar-refractivity contribution in [3.05, 3.63) is 35.3 Å². The number of hydrogen-bond donors (Lipinski definition) is 2. The molecule has 0 fully saturated rings. The number of anilines is 1. The molecule has 23 heavy (non-hydrogen) atoms. The van der Waals surface area contributed by atoms with Gasteiger partial charge in [-0.05, 0) is 56.2 Å². The number of hydrogen-bond acceptors (Lipinski definition) is 3. The summed E-state index contributed by atoms with van der Waals surface area (Å²) in [5.74, 6) is -0.189. The number of unbranched alkanes of at least 4 members (excludes halogenated alkanes) is 3. The standard InChI is InChI=1S/C19H25FN2O/c20-15-9-7-11-17-18(15)19(21-12-5-1-2-6-13-23)14-8-3-4-10-16(14)22-17/h7,9,11,23H,1-6,8,10,12-13H2,(H,21,22). The van der Waals surface area contributed by atoms with E-state index in [0.717, 1.165) is 68.4 Å². The number of halogens is 1. The number of nitrogens with zero attached hydrogens (tertiary/aromatic N) is 1. The van der Waals surface area contributed by atoms with Crippen molar-refractivity contribution in [2.45, 2.75) is 51.4 Å². The van der Waals surface area contributed by atoms with Crippen molar-refractivity contribution in [1.29, 1.82) is 0 Å². The van der Waals surface area contributed by atoms with Crippen LogP contribution in [0, 0.1) is 5.82 Å². The zero-order valence-corrected chi connectivity index (χ0v) is 13.6. The van der Waals surface area contributed by atoms with E-state index < -0.39 is 0 Å². The lowest BCUT2D eigenvalue weighted by atomic mass is 9.92. The Kier molecular flexibility index (Phi) is 5.44. The predicted molar refractivity (Wildman–Crippen MR) is 92.4 cm³/mol. The molecule has 0 atom stereocenters. The van der Waals surface area contributed by atoms with E-state index in [4.69, 9.17) is 10.1 Å². The summed E-state index contributed by atoms with van der Waals surface area (Å²) in [5, 5.41) is 13.0. The largest absolute Gasteiger partial charge is 0.396 e. The summed E-state index contributed by atoms with van der Waals surface area (Å²) in [4.78, 5) is 4.70. The van der Waals surface area contributed by atoms with Crippen molar-refractivity contribution in [2.75, 3.05) is 18.5 Å². The van der Waals surface area contributed by atoms with E-state index in [-0.39, 0.29) is 12.4 Å². The van der Waals surface area contributed by atoms with Crippen molar-refractivity contribution < 1.29 is 9.50 Å². The normalized spacial score (nSPS) is 14.0. The smallest absolute Gasteiger partial charge is 0.134 e. The van der Waals surface area contributed by atoms with Crippen LogP contribution in [-0.4, -0.2) is 23.2 Å². The van der Waals surface area contributed by atoms with Gasteiger partial charge >= 0.3 is 0 Å². The molecule has 0 saturated carbocycles. The van der Waals surface area contributed by atoms with Crippen LogP contribution in [0.2, 0.25) is 0 Å². The van der Waals surface area contributed by atoms with Gasteiger partial charge in [0.2, 0.25) is 0 Å². The Morgan fingerprint density at radius 1 is 1.09 bits per heavy atom. The highest BCUT2D eigenvalue weighted by Gasteiger charge is 2.19. The molecule has 0 radical (unpaired) electrons. The fourth-order valence-electron chi connectivity index (χ4n) is 3.43. The fraction of sp³-hybridized carbons (Fsp3) is 0.526. The first-order chi connectivity index (χ1) is 11.3. The van der Waals surface area contributed by atoms with Crippen molar-refractivity contribution in [3.8, 4) is 0 Å². The van der Waals surface area contributed by atoms with Crippen LogP contribution in [0.1, 0.15) is 49.8 Å². The molecular weight excluding hydrogens is 291 g/mol. The monoisotopic (exact) mass is 316 g/mol. The van der Waals surface area contributed by atoms with Crippen LogP contribution in [0.5, 0.6) is 0 Å². The lowest BCUT2D eigenvalue weighted by Crippen LogP contribution is -2.13. The highest BCUT2D eigenvalue weighted by atomic mass is 19.1. The Bertz CT molecular complexity index is 672. The summed E-state index contributed by atoms with van der Waals surface area (Å²) in [7, 11) is 0. The third kappa shape index (κ3) is 3.63. The van der Waals surface area contributed by atoms with Gasteiger partial charge in [0.05, 0.1) is 16.6 Å². The second kappa shape index (κ2) is 7.73. The quantitative estimate of drug-likeness (QED) is 0.752. The van der Waals surface area contributed by atoms with Gasteiger partial charge in [-0.2, -0.15) is 0 Å². The molecule has 2 aromatic rings. The number of aryl methyl sites for hydroxylation is 1. The van der Waals surface area contributed by atoms with Crippen LogP contribution < -0.4 is 5.32 Å². The first-order valence-corrected chi connectivity index (χ1v) is 8.76. The fourth-order valence-corrected chi connectivity index (χ4v) is 3.43. The Balaban J connectivity index is 1.84. The highest BCUT2D eigenvalue weighted by Crippen LogP contribution is 2.34. The van der Waals surface area contributed by atoms with E-state index in [1.54, 1.807) is 6.07 Å². The summed E-state index contributed by atoms with van der Waals surface area (Å²) < 4.78 is 14.4. The zero-order chi connectivity index (χ0) is 16.1. The minimum Gasteiger partial charge on any atom is -0.396 e. The van der Waals surface area contributed by atoms with Crippen LogP contribution in [0.25, 0.3) is 10.9 Å². The molecule has 0 unspecified atom stereocenters. The zero-order valence-electron chi connectivity index (χ0n) is 13.6. The SMILES string of the molecule is OCCCCCCNc1c2c(nc3cccc(F)c13)CCCC2. The van der Waals surface area contributed by atoms with Crippen molar-refractivity contribution >= 4 is 16.6 Å². The molecule has 1 aromatic carbocycles. The molecule has 2 N–H and O–H groups in total. The highest BCUT2D eigenvalue weighted by molar-refractivity contribution is 5.94. The van der Waals surface area contributed by atoms with Gasteiger partial charge in [-0.1, -0.05) is 18.9 Å². The minimum atomic E-state index is -0.189. The molecule has 0 aliphatic heterocycles. The number of aliphatic hydroxyl groups is 1. The van der Waals surface area contributed by atoms with E-state index in [0.29, 0.717) is 5.39 Å². The maximum atomic E-state index is 14.4. The van der Waals surface area contributed by atoms with Crippen molar-refractivity contribution in [3.63, 3.8) is 0 Å². The number of aliphatic hydroxyl groups excluding tert-OH is 1. The topological polar surface area (TPSA) is 45.1 Å². The molecule has 1 heterocycles. The van der Waals surface area contributed by atoms with Gasteiger partial charge in [-0.25, -0.2) is 4.39 Å². The summed E-state index contributed by atoms with van der Waals surface area (Å²) in [6.45, 7) is 1.10. The van der Waals surface area contributed by atoms with Crippen LogP contribution in [0.15, 0.2) is 18.2 Å². The maximum absolute atomic E-state index is 14.4. The van der Waals surface area contributed by atoms with Gasteiger partial charge in [-0.15, -0.1) is 0 Å². The number of fused-ring (bicyclic) bond motifs is 2. The molecule has 0 amide bonds. The molecule has 3 rings (SSSR count). The number of aromatic nitrogens is 1. The van der Waals surface area contributed by atoms with Crippen LogP contribution >= 0.6 is 0 Å². The minimum absolute atomic E-state index is 0.189. The van der Waals surface area contributed by atoms with Crippen LogP contribution in [0.4, 0.5) is 10.1 Å². The first kappa shape index (κ1) is 16.2. The van der Waals surface area contributed by atoms with Crippen LogP contribution in [-0.2, 0) is 12.8 Å². The van der Waals surface area contributed by atoms with E-state index in [9.17, 15) is 4.39 Å². The number of pyridine rings is 1. The van der Waals surface area contributed by atoms with Gasteiger partial charge in [0.15, 0.2) is 0 Å². The Hall–Kier alpha value is -1.68. The molecule has 0 spiro atoms. The lowest BCUT2D eigenvalue weighted by molar-refractivity contribution is 0.283. The van der Waals surface area contributed by atoms with Gasteiger partial charge in [-0.3, -0.25) is 4.98 Å². The number of benzene rings is 1. The van der Waals surface area contributed by atoms with Crippen LogP contribution in [0.3, 0.4) is 0 Å². The van der Waals surface area contributed by atoms with Gasteiger partial charge in [0, 0.05) is 18.8 Å². The van der Waals surface area contributed by atoms with Crippen molar-refractivity contribution in [1.82, 2.24) is 4.98 Å². The van der Waals surface area contributed by atoms with E-state index in [1.807, 2.05) is 6.07 Å². The third-order valence-electron chi connectivity index (χ3n) is 4.62. The second-order valence-electron chi connectivity index (χ2n) is 6.32. The summed E-state index contributed by atoms with van der Waals surface area (Å²) in [6, 6.07) is 5.16. The third-order valence-corrected chi connectivity index (χ3v) is 4.62. The Morgan fingerprint density at radius 2 is 1.91 bits per heavy atom. The first-order valence-electron chi connectivity index (χ1n) is 8.76. The number of rotatable bonds is 7.